The SMILES string of the molecule is Cc1noc(C#Cc2cc(C(=O)Nc3cc(F)c(=O)n(CC(F)F)c3)sc2Cl)n1. The largest absolute Gasteiger partial charge is 0.325 e. The number of thiophene rings is 1. The van der Waals surface area contributed by atoms with Crippen LogP contribution in [-0.2, 0) is 6.54 Å². The Balaban J connectivity index is 1.81. The lowest BCUT2D eigenvalue weighted by atomic mass is 10.3. The lowest BCUT2D eigenvalue weighted by Crippen LogP contribution is -2.26. The predicted molar refractivity (Wildman–Crippen MR) is 99.0 cm³/mol. The Labute approximate surface area is 170 Å². The van der Waals surface area contributed by atoms with Crippen molar-refractivity contribution in [1.29, 1.82) is 0 Å². The van der Waals surface area contributed by atoms with Crippen molar-refractivity contribution in [3.63, 3.8) is 0 Å². The molecule has 3 rings (SSSR count). The average molecular weight is 443 g/mol. The maximum Gasteiger partial charge on any atom is 0.302 e. The summed E-state index contributed by atoms with van der Waals surface area (Å²) in [5.41, 5.74) is -1.05. The zero-order valence-electron chi connectivity index (χ0n) is 14.5. The monoisotopic (exact) mass is 442 g/mol. The van der Waals surface area contributed by atoms with Gasteiger partial charge in [-0.2, -0.15) is 4.98 Å². The molecule has 7 nitrogen and oxygen atoms in total. The van der Waals surface area contributed by atoms with E-state index in [4.69, 9.17) is 16.1 Å². The van der Waals surface area contributed by atoms with Crippen LogP contribution in [-0.4, -0.2) is 27.0 Å². The molecule has 150 valence electrons. The molecule has 1 N–H and O–H groups in total. The fraction of sp³-hybridized carbons (Fsp3) is 0.176. The molecule has 0 aliphatic carbocycles. The van der Waals surface area contributed by atoms with E-state index in [9.17, 15) is 22.8 Å². The Morgan fingerprint density at radius 1 is 1.41 bits per heavy atom. The Bertz CT molecular complexity index is 1190. The molecular weight excluding hydrogens is 433 g/mol. The minimum Gasteiger partial charge on any atom is -0.325 e. The highest BCUT2D eigenvalue weighted by Gasteiger charge is 2.16. The molecule has 3 aromatic rings. The molecule has 0 saturated carbocycles. The number of pyridine rings is 1. The first-order valence-electron chi connectivity index (χ1n) is 7.84. The molecule has 0 fully saturated rings. The Kier molecular flexibility index (Phi) is 6.05. The summed E-state index contributed by atoms with van der Waals surface area (Å²) in [4.78, 5) is 28.0. The van der Waals surface area contributed by atoms with Crippen LogP contribution in [0.2, 0.25) is 4.34 Å². The summed E-state index contributed by atoms with van der Waals surface area (Å²) < 4.78 is 44.3. The summed E-state index contributed by atoms with van der Waals surface area (Å²) in [6, 6.07) is 2.14. The first-order valence-corrected chi connectivity index (χ1v) is 9.03. The molecule has 0 spiro atoms. The second-order valence-corrected chi connectivity index (χ2v) is 7.23. The van der Waals surface area contributed by atoms with Crippen LogP contribution in [0.1, 0.15) is 27.0 Å². The number of carbonyl (C=O) groups excluding carboxylic acids is 1. The number of hydrogen-bond donors (Lipinski definition) is 1. The fourth-order valence-electron chi connectivity index (χ4n) is 2.18. The molecule has 0 unspecified atom stereocenters. The quantitative estimate of drug-likeness (QED) is 0.626. The van der Waals surface area contributed by atoms with Gasteiger partial charge >= 0.3 is 5.89 Å². The molecule has 0 saturated heterocycles. The highest BCUT2D eigenvalue weighted by molar-refractivity contribution is 7.18. The maximum atomic E-state index is 13.7. The van der Waals surface area contributed by atoms with Crippen LogP contribution < -0.4 is 10.9 Å². The first-order chi connectivity index (χ1) is 13.7. The second-order valence-electron chi connectivity index (χ2n) is 5.57. The topological polar surface area (TPSA) is 90.0 Å². The third kappa shape index (κ3) is 5.04. The number of carbonyl (C=O) groups is 1. The average Bonchev–Trinajstić information content (AvgIpc) is 3.22. The van der Waals surface area contributed by atoms with Crippen LogP contribution in [0.3, 0.4) is 0 Å². The van der Waals surface area contributed by atoms with E-state index in [1.54, 1.807) is 6.92 Å². The van der Waals surface area contributed by atoms with Crippen LogP contribution >= 0.6 is 22.9 Å². The zero-order chi connectivity index (χ0) is 21.1. The van der Waals surface area contributed by atoms with Crippen molar-refractivity contribution in [2.45, 2.75) is 19.9 Å². The summed E-state index contributed by atoms with van der Waals surface area (Å²) >= 11 is 6.98. The van der Waals surface area contributed by atoms with E-state index in [-0.39, 0.29) is 20.8 Å². The van der Waals surface area contributed by atoms with Crippen LogP contribution in [0.5, 0.6) is 0 Å². The summed E-state index contributed by atoms with van der Waals surface area (Å²) in [7, 11) is 0. The van der Waals surface area contributed by atoms with Gasteiger partial charge in [0.05, 0.1) is 22.7 Å². The third-order valence-corrected chi connectivity index (χ3v) is 4.73. The van der Waals surface area contributed by atoms with Crippen LogP contribution in [0.25, 0.3) is 0 Å². The highest BCUT2D eigenvalue weighted by atomic mass is 35.5. The van der Waals surface area contributed by atoms with E-state index in [1.165, 1.54) is 6.07 Å². The van der Waals surface area contributed by atoms with E-state index in [0.29, 0.717) is 16.0 Å². The van der Waals surface area contributed by atoms with Gasteiger partial charge in [-0.05, 0) is 13.0 Å². The van der Waals surface area contributed by atoms with Crippen molar-refractivity contribution in [3.8, 4) is 11.8 Å². The molecule has 3 heterocycles. The van der Waals surface area contributed by atoms with Crippen molar-refractivity contribution in [1.82, 2.24) is 14.7 Å². The molecule has 3 aromatic heterocycles. The van der Waals surface area contributed by atoms with Gasteiger partial charge in [-0.3, -0.25) is 9.59 Å². The second kappa shape index (κ2) is 8.50. The lowest BCUT2D eigenvalue weighted by molar-refractivity contribution is 0.103. The molecule has 0 aromatic carbocycles. The number of alkyl halides is 2. The van der Waals surface area contributed by atoms with E-state index in [2.05, 4.69) is 27.3 Å². The highest BCUT2D eigenvalue weighted by Crippen LogP contribution is 2.27. The number of aryl methyl sites for hydroxylation is 1. The molecule has 12 heteroatoms. The van der Waals surface area contributed by atoms with Gasteiger partial charge < -0.3 is 14.4 Å². The van der Waals surface area contributed by atoms with Crippen molar-refractivity contribution in [2.75, 3.05) is 5.32 Å². The summed E-state index contributed by atoms with van der Waals surface area (Å²) in [5, 5.41) is 5.92. The molecular formula is C17H10ClF3N4O3S. The number of halogens is 4. The van der Waals surface area contributed by atoms with Gasteiger partial charge in [-0.1, -0.05) is 22.7 Å². The first kappa shape index (κ1) is 20.6. The molecule has 0 bridgehead atoms. The normalized spacial score (nSPS) is 10.7. The van der Waals surface area contributed by atoms with Gasteiger partial charge in [0.25, 0.3) is 17.9 Å². The summed E-state index contributed by atoms with van der Waals surface area (Å²) in [6.45, 7) is 0.626. The summed E-state index contributed by atoms with van der Waals surface area (Å²) in [5.74, 6) is 3.83. The maximum absolute atomic E-state index is 13.7. The van der Waals surface area contributed by atoms with Crippen molar-refractivity contribution in [2.24, 2.45) is 0 Å². The number of nitrogens with zero attached hydrogens (tertiary/aromatic N) is 3. The van der Waals surface area contributed by atoms with Crippen molar-refractivity contribution < 1.29 is 22.5 Å². The van der Waals surface area contributed by atoms with Gasteiger partial charge in [0.1, 0.15) is 4.34 Å². The van der Waals surface area contributed by atoms with Gasteiger partial charge in [-0.15, -0.1) is 11.3 Å². The number of anilines is 1. The summed E-state index contributed by atoms with van der Waals surface area (Å²) in [6.07, 6.45) is -1.93. The molecule has 29 heavy (non-hydrogen) atoms. The molecule has 0 atom stereocenters. The molecule has 1 amide bonds. The van der Waals surface area contributed by atoms with Crippen LogP contribution in [0.15, 0.2) is 27.6 Å². The van der Waals surface area contributed by atoms with E-state index < -0.39 is 30.3 Å². The number of nitrogens with one attached hydrogen (secondary N) is 1. The lowest BCUT2D eigenvalue weighted by Gasteiger charge is -2.09. The van der Waals surface area contributed by atoms with Crippen molar-refractivity contribution in [3.05, 3.63) is 61.0 Å². The van der Waals surface area contributed by atoms with E-state index in [1.807, 2.05) is 0 Å². The predicted octanol–water partition coefficient (Wildman–Crippen LogP) is 3.31. The smallest absolute Gasteiger partial charge is 0.302 e. The van der Waals surface area contributed by atoms with Gasteiger partial charge in [0.2, 0.25) is 0 Å². The standard InChI is InChI=1S/C17H10ClF3N4O3S/c1-8-22-14(28-24-8)3-2-9-4-12(29-15(9)18)16(26)23-10-5-11(19)17(27)25(6-10)7-13(20)21/h4-6,13H,7H2,1H3,(H,23,26). The molecule has 0 aliphatic heterocycles. The van der Waals surface area contributed by atoms with Gasteiger partial charge in [0, 0.05) is 18.2 Å². The Morgan fingerprint density at radius 3 is 2.83 bits per heavy atom. The van der Waals surface area contributed by atoms with Gasteiger partial charge in [-0.25, -0.2) is 13.2 Å². The number of aromatic nitrogens is 3. The minimum absolute atomic E-state index is 0.0764. The third-order valence-electron chi connectivity index (χ3n) is 3.38. The Morgan fingerprint density at radius 2 is 2.17 bits per heavy atom. The number of rotatable bonds is 4. The number of amides is 1. The minimum atomic E-state index is -2.86. The van der Waals surface area contributed by atoms with Gasteiger partial charge in [0.15, 0.2) is 11.6 Å². The number of hydrogen-bond acceptors (Lipinski definition) is 6. The zero-order valence-corrected chi connectivity index (χ0v) is 16.1. The molecule has 0 radical (unpaired) electrons. The van der Waals surface area contributed by atoms with Crippen molar-refractivity contribution >= 4 is 34.5 Å². The fourth-order valence-corrected chi connectivity index (χ4v) is 3.26. The van der Waals surface area contributed by atoms with E-state index >= 15 is 0 Å². The Hall–Kier alpha value is -3.10. The van der Waals surface area contributed by atoms with Crippen LogP contribution in [0.4, 0.5) is 18.9 Å². The molecule has 0 aliphatic rings. The van der Waals surface area contributed by atoms with E-state index in [0.717, 1.165) is 23.6 Å². The van der Waals surface area contributed by atoms with Crippen LogP contribution in [0, 0.1) is 24.6 Å².